The van der Waals surface area contributed by atoms with E-state index in [2.05, 4.69) is 6.92 Å². The lowest BCUT2D eigenvalue weighted by Crippen LogP contribution is -2.40. The number of amides is 1. The molecule has 0 spiro atoms. The summed E-state index contributed by atoms with van der Waals surface area (Å²) in [6.45, 7) is 6.36. The Balaban J connectivity index is 1.55. The van der Waals surface area contributed by atoms with Gasteiger partial charge in [0.15, 0.2) is 0 Å². The molecule has 5 nitrogen and oxygen atoms in total. The van der Waals surface area contributed by atoms with Gasteiger partial charge in [0.2, 0.25) is 0 Å². The summed E-state index contributed by atoms with van der Waals surface area (Å²) in [6, 6.07) is 11.9. The molecule has 1 amide bonds. The molecule has 2 aromatic carbocycles. The molecule has 1 saturated heterocycles. The highest BCUT2D eigenvalue weighted by Crippen LogP contribution is 2.25. The number of carbonyl (C=O) groups is 2. The second-order valence-corrected chi connectivity index (χ2v) is 8.30. The minimum Gasteiger partial charge on any atom is -0.494 e. The van der Waals surface area contributed by atoms with E-state index in [1.807, 2.05) is 48.2 Å². The fourth-order valence-electron chi connectivity index (χ4n) is 4.10. The normalized spacial score (nSPS) is 14.6. The molecule has 0 N–H and O–H groups in total. The van der Waals surface area contributed by atoms with Crippen LogP contribution in [0.25, 0.3) is 10.8 Å². The number of fused-ring (bicyclic) bond motifs is 1. The van der Waals surface area contributed by atoms with Crippen molar-refractivity contribution in [2.45, 2.75) is 58.8 Å². The Morgan fingerprint density at radius 3 is 2.39 bits per heavy atom. The van der Waals surface area contributed by atoms with Crippen molar-refractivity contribution in [2.24, 2.45) is 5.92 Å². The van der Waals surface area contributed by atoms with Crippen LogP contribution in [0.4, 0.5) is 0 Å². The van der Waals surface area contributed by atoms with Gasteiger partial charge in [-0.25, -0.2) is 0 Å². The largest absolute Gasteiger partial charge is 0.494 e. The quantitative estimate of drug-likeness (QED) is 0.367. The van der Waals surface area contributed by atoms with Gasteiger partial charge in [-0.3, -0.25) is 9.59 Å². The molecule has 0 unspecified atom stereocenters. The summed E-state index contributed by atoms with van der Waals surface area (Å²) in [7, 11) is 0. The number of piperidine rings is 1. The van der Waals surface area contributed by atoms with Gasteiger partial charge in [-0.15, -0.1) is 0 Å². The topological polar surface area (TPSA) is 55.8 Å². The molecule has 1 heterocycles. The number of carbonyl (C=O) groups excluding carboxylic acids is 2. The number of likely N-dealkylation sites (tertiary alicyclic amines) is 1. The van der Waals surface area contributed by atoms with Crippen LogP contribution in [0.2, 0.25) is 0 Å². The summed E-state index contributed by atoms with van der Waals surface area (Å²) in [5.41, 5.74) is 0.687. The molecule has 31 heavy (non-hydrogen) atoms. The van der Waals surface area contributed by atoms with E-state index in [0.717, 1.165) is 29.5 Å². The van der Waals surface area contributed by atoms with Crippen LogP contribution < -0.4 is 4.74 Å². The van der Waals surface area contributed by atoms with E-state index in [1.54, 1.807) is 0 Å². The van der Waals surface area contributed by atoms with E-state index >= 15 is 0 Å². The molecule has 2 aromatic rings. The van der Waals surface area contributed by atoms with Gasteiger partial charge in [0.25, 0.3) is 5.91 Å². The number of ether oxygens (including phenoxy) is 2. The van der Waals surface area contributed by atoms with Crippen molar-refractivity contribution < 1.29 is 19.1 Å². The van der Waals surface area contributed by atoms with Gasteiger partial charge in [-0.2, -0.15) is 0 Å². The van der Waals surface area contributed by atoms with Crippen LogP contribution in [0.15, 0.2) is 36.4 Å². The molecule has 1 aliphatic heterocycles. The van der Waals surface area contributed by atoms with E-state index in [4.69, 9.17) is 9.47 Å². The van der Waals surface area contributed by atoms with Gasteiger partial charge in [0.05, 0.1) is 19.1 Å². The molecule has 5 heteroatoms. The SMILES string of the molecule is CCCCCCCOc1ccc2cc(C(=O)N3CCC(C(=O)OCC)CC3)ccc2c1. The van der Waals surface area contributed by atoms with Crippen LogP contribution in [0, 0.1) is 5.92 Å². The van der Waals surface area contributed by atoms with E-state index < -0.39 is 0 Å². The number of benzene rings is 2. The zero-order valence-corrected chi connectivity index (χ0v) is 18.9. The van der Waals surface area contributed by atoms with Crippen molar-refractivity contribution in [1.82, 2.24) is 4.90 Å². The first kappa shape index (κ1) is 23.1. The van der Waals surface area contributed by atoms with Crippen LogP contribution in [-0.2, 0) is 9.53 Å². The maximum absolute atomic E-state index is 12.9. The van der Waals surface area contributed by atoms with Gasteiger partial charge in [-0.05, 0) is 61.2 Å². The first-order valence-electron chi connectivity index (χ1n) is 11.7. The number of hydrogen-bond acceptors (Lipinski definition) is 4. The standard InChI is InChI=1S/C26H35NO4/c1-3-5-6-7-8-17-31-24-12-11-21-18-23(10-9-22(21)19-24)25(28)27-15-13-20(14-16-27)26(29)30-4-2/h9-12,18-20H,3-8,13-17H2,1-2H3. The number of hydrogen-bond donors (Lipinski definition) is 0. The average molecular weight is 426 g/mol. The third-order valence-corrected chi connectivity index (χ3v) is 5.98. The number of unbranched alkanes of at least 4 members (excludes halogenated alkanes) is 4. The highest BCUT2D eigenvalue weighted by molar-refractivity contribution is 5.99. The van der Waals surface area contributed by atoms with E-state index in [0.29, 0.717) is 38.1 Å². The molecule has 3 rings (SSSR count). The van der Waals surface area contributed by atoms with Crippen molar-refractivity contribution in [3.05, 3.63) is 42.0 Å². The molecule has 0 radical (unpaired) electrons. The van der Waals surface area contributed by atoms with Gasteiger partial charge in [-0.1, -0.05) is 44.7 Å². The smallest absolute Gasteiger partial charge is 0.309 e. The highest BCUT2D eigenvalue weighted by Gasteiger charge is 2.28. The predicted octanol–water partition coefficient (Wildman–Crippen LogP) is 5.60. The minimum absolute atomic E-state index is 0.0246. The maximum atomic E-state index is 12.9. The van der Waals surface area contributed by atoms with Crippen molar-refractivity contribution in [3.8, 4) is 5.75 Å². The molecule has 0 bridgehead atoms. The highest BCUT2D eigenvalue weighted by atomic mass is 16.5. The molecule has 0 atom stereocenters. The number of rotatable bonds is 10. The Morgan fingerprint density at radius 2 is 1.65 bits per heavy atom. The van der Waals surface area contributed by atoms with Crippen LogP contribution >= 0.6 is 0 Å². The lowest BCUT2D eigenvalue weighted by Gasteiger charge is -2.31. The second-order valence-electron chi connectivity index (χ2n) is 8.30. The third kappa shape index (κ3) is 6.46. The lowest BCUT2D eigenvalue weighted by atomic mass is 9.96. The Morgan fingerprint density at radius 1 is 0.935 bits per heavy atom. The Kier molecular flexibility index (Phi) is 8.74. The summed E-state index contributed by atoms with van der Waals surface area (Å²) in [5.74, 6) is 0.671. The molecule has 0 aromatic heterocycles. The first-order chi connectivity index (χ1) is 15.1. The summed E-state index contributed by atoms with van der Waals surface area (Å²) in [4.78, 5) is 26.7. The Bertz CT molecular complexity index is 871. The fourth-order valence-corrected chi connectivity index (χ4v) is 4.10. The second kappa shape index (κ2) is 11.7. The first-order valence-corrected chi connectivity index (χ1v) is 11.7. The minimum atomic E-state index is -0.140. The van der Waals surface area contributed by atoms with Crippen LogP contribution in [0.3, 0.4) is 0 Å². The number of esters is 1. The fraction of sp³-hybridized carbons (Fsp3) is 0.538. The predicted molar refractivity (Wildman–Crippen MR) is 123 cm³/mol. The summed E-state index contributed by atoms with van der Waals surface area (Å²) < 4.78 is 11.0. The molecular weight excluding hydrogens is 390 g/mol. The van der Waals surface area contributed by atoms with Crippen LogP contribution in [-0.4, -0.2) is 43.1 Å². The van der Waals surface area contributed by atoms with Crippen molar-refractivity contribution in [1.29, 1.82) is 0 Å². The summed E-state index contributed by atoms with van der Waals surface area (Å²) in [6.07, 6.45) is 7.44. The Labute approximate surface area is 185 Å². The van der Waals surface area contributed by atoms with Crippen LogP contribution in [0.1, 0.15) is 69.2 Å². The maximum Gasteiger partial charge on any atom is 0.309 e. The van der Waals surface area contributed by atoms with E-state index in [9.17, 15) is 9.59 Å². The molecule has 1 fully saturated rings. The van der Waals surface area contributed by atoms with Gasteiger partial charge < -0.3 is 14.4 Å². The lowest BCUT2D eigenvalue weighted by molar-refractivity contribution is -0.149. The Hall–Kier alpha value is -2.56. The molecule has 1 aliphatic rings. The number of nitrogens with zero attached hydrogens (tertiary/aromatic N) is 1. The molecular formula is C26H35NO4. The molecule has 0 aliphatic carbocycles. The zero-order chi connectivity index (χ0) is 22.1. The molecule has 168 valence electrons. The molecule has 0 saturated carbocycles. The van der Waals surface area contributed by atoms with Crippen molar-refractivity contribution in [3.63, 3.8) is 0 Å². The average Bonchev–Trinajstić information content (AvgIpc) is 2.80. The summed E-state index contributed by atoms with van der Waals surface area (Å²) >= 11 is 0. The monoisotopic (exact) mass is 425 g/mol. The third-order valence-electron chi connectivity index (χ3n) is 5.98. The van der Waals surface area contributed by atoms with Gasteiger partial charge >= 0.3 is 5.97 Å². The van der Waals surface area contributed by atoms with E-state index in [1.165, 1.54) is 25.7 Å². The van der Waals surface area contributed by atoms with Crippen molar-refractivity contribution >= 4 is 22.6 Å². The van der Waals surface area contributed by atoms with Crippen LogP contribution in [0.5, 0.6) is 5.75 Å². The van der Waals surface area contributed by atoms with Gasteiger partial charge in [0, 0.05) is 18.7 Å². The van der Waals surface area contributed by atoms with Gasteiger partial charge in [0.1, 0.15) is 5.75 Å². The summed E-state index contributed by atoms with van der Waals surface area (Å²) in [5, 5.41) is 2.10. The zero-order valence-electron chi connectivity index (χ0n) is 18.9. The van der Waals surface area contributed by atoms with E-state index in [-0.39, 0.29) is 17.8 Å². The van der Waals surface area contributed by atoms with Crippen molar-refractivity contribution in [2.75, 3.05) is 26.3 Å².